The van der Waals surface area contributed by atoms with Crippen molar-refractivity contribution >= 4 is 22.6 Å². The number of benzene rings is 2. The first-order valence-corrected chi connectivity index (χ1v) is 9.33. The largest absolute Gasteiger partial charge is 1.00 e. The molecular formula is C21H28N3O2Rb. The van der Waals surface area contributed by atoms with Crippen LogP contribution in [-0.2, 0) is 16.0 Å². The van der Waals surface area contributed by atoms with E-state index in [1.54, 1.807) is 0 Å². The van der Waals surface area contributed by atoms with E-state index in [1.807, 2.05) is 36.4 Å². The standard InChI is InChI=1S/C21H28N3O2.Rb/c1-2-3-6-13-23-21(26)19(24-20(25)11-12-22)15-16-9-10-17-7-4-5-8-18(17)14-16;/h4-5,7-10,14,19,22H,2-3,6,11-13,15H2,1H3,(H,23,26)(H,24,25);/q-1;+1/t19-;/m1./s1. The summed E-state index contributed by atoms with van der Waals surface area (Å²) >= 11 is 0. The molecule has 0 aromatic heterocycles. The van der Waals surface area contributed by atoms with Crippen LogP contribution in [0, 0.1) is 0 Å². The molecule has 1 atom stereocenters. The van der Waals surface area contributed by atoms with Crippen molar-refractivity contribution in [1.82, 2.24) is 10.6 Å². The van der Waals surface area contributed by atoms with Crippen LogP contribution in [0.4, 0.5) is 0 Å². The molecule has 6 heteroatoms. The Morgan fingerprint density at radius 2 is 1.81 bits per heavy atom. The van der Waals surface area contributed by atoms with Gasteiger partial charge >= 0.3 is 58.2 Å². The van der Waals surface area contributed by atoms with E-state index in [0.29, 0.717) is 13.0 Å². The van der Waals surface area contributed by atoms with Gasteiger partial charge in [0.1, 0.15) is 6.04 Å². The normalized spacial score (nSPS) is 11.5. The van der Waals surface area contributed by atoms with Gasteiger partial charge < -0.3 is 16.4 Å². The number of amides is 2. The Hall–Kier alpha value is -0.595. The predicted octanol–water partition coefficient (Wildman–Crippen LogP) is 0.620. The molecule has 0 aliphatic rings. The number of carbonyl (C=O) groups excluding carboxylic acids is 2. The summed E-state index contributed by atoms with van der Waals surface area (Å²) in [6.07, 6.45) is 3.65. The maximum absolute atomic E-state index is 12.5. The van der Waals surface area contributed by atoms with Gasteiger partial charge in [0, 0.05) is 19.4 Å². The van der Waals surface area contributed by atoms with Crippen LogP contribution < -0.4 is 68.8 Å². The molecule has 27 heavy (non-hydrogen) atoms. The van der Waals surface area contributed by atoms with E-state index in [-0.39, 0.29) is 83.0 Å². The van der Waals surface area contributed by atoms with E-state index in [4.69, 9.17) is 5.73 Å². The molecule has 3 N–H and O–H groups in total. The zero-order valence-corrected chi connectivity index (χ0v) is 21.3. The summed E-state index contributed by atoms with van der Waals surface area (Å²) in [5.41, 5.74) is 8.20. The summed E-state index contributed by atoms with van der Waals surface area (Å²) in [7, 11) is 0. The summed E-state index contributed by atoms with van der Waals surface area (Å²) in [6.45, 7) is 2.76. The minimum Gasteiger partial charge on any atom is -0.677 e. The van der Waals surface area contributed by atoms with Crippen molar-refractivity contribution in [2.24, 2.45) is 0 Å². The van der Waals surface area contributed by atoms with Crippen molar-refractivity contribution in [3.63, 3.8) is 0 Å². The number of nitrogens with one attached hydrogen (secondary N) is 3. The third-order valence-corrected chi connectivity index (χ3v) is 4.34. The fraction of sp³-hybridized carbons (Fsp3) is 0.429. The summed E-state index contributed by atoms with van der Waals surface area (Å²) < 4.78 is 0. The third kappa shape index (κ3) is 8.52. The van der Waals surface area contributed by atoms with Gasteiger partial charge in [0.05, 0.1) is 0 Å². The van der Waals surface area contributed by atoms with Crippen molar-refractivity contribution in [1.29, 1.82) is 0 Å². The maximum Gasteiger partial charge on any atom is 1.00 e. The van der Waals surface area contributed by atoms with Crippen LogP contribution in [0.1, 0.15) is 38.2 Å². The molecule has 0 saturated heterocycles. The molecule has 0 unspecified atom stereocenters. The Kier molecular flexibility index (Phi) is 12.3. The molecule has 2 rings (SSSR count). The Bertz CT molecular complexity index is 736. The molecular weight excluding hydrogens is 412 g/mol. The number of hydrogen-bond acceptors (Lipinski definition) is 2. The molecule has 0 bridgehead atoms. The van der Waals surface area contributed by atoms with E-state index < -0.39 is 6.04 Å². The number of rotatable bonds is 10. The molecule has 140 valence electrons. The molecule has 0 fully saturated rings. The van der Waals surface area contributed by atoms with Gasteiger partial charge in [-0.05, 0) is 22.8 Å². The first kappa shape index (κ1) is 24.4. The second kappa shape index (κ2) is 13.6. The van der Waals surface area contributed by atoms with Crippen LogP contribution in [0.15, 0.2) is 42.5 Å². The van der Waals surface area contributed by atoms with Crippen LogP contribution in [0.25, 0.3) is 16.5 Å². The van der Waals surface area contributed by atoms with Crippen LogP contribution in [0.3, 0.4) is 0 Å². The SMILES string of the molecule is CCCCCNC(=O)[C@@H](Cc1ccc2ccccc2c1)NC(=O)CC[NH-].[Rb+]. The minimum absolute atomic E-state index is 0. The fourth-order valence-corrected chi connectivity index (χ4v) is 2.90. The molecule has 0 aliphatic heterocycles. The van der Waals surface area contributed by atoms with Gasteiger partial charge in [-0.15, -0.1) is 6.54 Å². The van der Waals surface area contributed by atoms with E-state index >= 15 is 0 Å². The van der Waals surface area contributed by atoms with Crippen LogP contribution >= 0.6 is 0 Å². The second-order valence-electron chi connectivity index (χ2n) is 6.50. The molecule has 2 amide bonds. The van der Waals surface area contributed by atoms with Crippen molar-refractivity contribution in [3.05, 3.63) is 53.8 Å². The van der Waals surface area contributed by atoms with Crippen LogP contribution in [-0.4, -0.2) is 30.9 Å². The Balaban J connectivity index is 0.00000364. The molecule has 0 aliphatic carbocycles. The van der Waals surface area contributed by atoms with Gasteiger partial charge in [-0.2, -0.15) is 0 Å². The van der Waals surface area contributed by atoms with E-state index in [2.05, 4.69) is 23.6 Å². The zero-order chi connectivity index (χ0) is 18.8. The molecule has 5 nitrogen and oxygen atoms in total. The molecule has 0 heterocycles. The maximum atomic E-state index is 12.5. The Morgan fingerprint density at radius 3 is 2.52 bits per heavy atom. The monoisotopic (exact) mass is 439 g/mol. The third-order valence-electron chi connectivity index (χ3n) is 4.34. The summed E-state index contributed by atoms with van der Waals surface area (Å²) in [5, 5.41) is 7.97. The van der Waals surface area contributed by atoms with Crippen LogP contribution in [0.2, 0.25) is 0 Å². The average molecular weight is 440 g/mol. The predicted molar refractivity (Wildman–Crippen MR) is 106 cm³/mol. The topological polar surface area (TPSA) is 82.0 Å². The average Bonchev–Trinajstić information content (AvgIpc) is 2.64. The molecule has 2 aromatic carbocycles. The Morgan fingerprint density at radius 1 is 1.07 bits per heavy atom. The van der Waals surface area contributed by atoms with Gasteiger partial charge in [0.25, 0.3) is 0 Å². The van der Waals surface area contributed by atoms with Crippen molar-refractivity contribution in [2.75, 3.05) is 13.1 Å². The molecule has 0 radical (unpaired) electrons. The first-order chi connectivity index (χ1) is 12.6. The van der Waals surface area contributed by atoms with Gasteiger partial charge in [-0.3, -0.25) is 9.59 Å². The van der Waals surface area contributed by atoms with Gasteiger partial charge in [-0.25, -0.2) is 0 Å². The fourth-order valence-electron chi connectivity index (χ4n) is 2.90. The van der Waals surface area contributed by atoms with Gasteiger partial charge in [-0.1, -0.05) is 62.2 Å². The number of hydrogen-bond donors (Lipinski definition) is 2. The molecule has 0 saturated carbocycles. The number of unbranched alkanes of at least 4 members (excludes halogenated alkanes) is 2. The molecule has 2 aromatic rings. The van der Waals surface area contributed by atoms with Crippen molar-refractivity contribution in [3.8, 4) is 0 Å². The van der Waals surface area contributed by atoms with E-state index in [1.165, 1.54) is 0 Å². The van der Waals surface area contributed by atoms with Crippen molar-refractivity contribution < 1.29 is 67.8 Å². The Labute approximate surface area is 210 Å². The van der Waals surface area contributed by atoms with E-state index in [0.717, 1.165) is 35.6 Å². The van der Waals surface area contributed by atoms with Gasteiger partial charge in [0.2, 0.25) is 11.8 Å². The molecule has 0 spiro atoms. The van der Waals surface area contributed by atoms with E-state index in [9.17, 15) is 9.59 Å². The first-order valence-electron chi connectivity index (χ1n) is 9.33. The summed E-state index contributed by atoms with van der Waals surface area (Å²) in [4.78, 5) is 24.5. The number of carbonyl (C=O) groups is 2. The van der Waals surface area contributed by atoms with Crippen molar-refractivity contribution in [2.45, 2.75) is 45.1 Å². The number of fused-ring (bicyclic) bond motifs is 1. The summed E-state index contributed by atoms with van der Waals surface area (Å²) in [6, 6.07) is 13.5. The quantitative estimate of drug-likeness (QED) is 0.532. The minimum atomic E-state index is -0.614. The van der Waals surface area contributed by atoms with Crippen LogP contribution in [0.5, 0.6) is 0 Å². The summed E-state index contributed by atoms with van der Waals surface area (Å²) in [5.74, 6) is -0.415. The smallest absolute Gasteiger partial charge is 0.677 e. The van der Waals surface area contributed by atoms with Gasteiger partial charge in [0.15, 0.2) is 0 Å². The zero-order valence-electron chi connectivity index (χ0n) is 16.4. The second-order valence-corrected chi connectivity index (χ2v) is 6.50.